The molecule has 1 unspecified atom stereocenters. The van der Waals surface area contributed by atoms with Crippen molar-refractivity contribution in [3.05, 3.63) is 22.8 Å². The van der Waals surface area contributed by atoms with Crippen molar-refractivity contribution in [2.75, 3.05) is 0 Å². The largest absolute Gasteiger partial charge is 0.393 e. The lowest BCUT2D eigenvalue weighted by molar-refractivity contribution is 0.0685. The van der Waals surface area contributed by atoms with Gasteiger partial charge in [-0.2, -0.15) is 0 Å². The summed E-state index contributed by atoms with van der Waals surface area (Å²) in [5, 5.41) is 10.2. The first kappa shape index (κ1) is 21.7. The smallest absolute Gasteiger partial charge is 0.0577 e. The Bertz CT molecular complexity index is 684. The van der Waals surface area contributed by atoms with Crippen molar-refractivity contribution in [1.29, 1.82) is 0 Å². The van der Waals surface area contributed by atoms with Gasteiger partial charge >= 0.3 is 0 Å². The zero-order valence-electron chi connectivity index (χ0n) is 20.1. The molecule has 0 radical (unpaired) electrons. The highest BCUT2D eigenvalue weighted by Gasteiger charge is 2.53. The van der Waals surface area contributed by atoms with Crippen LogP contribution in [-0.4, -0.2) is 11.2 Å². The minimum Gasteiger partial charge on any atom is -0.393 e. The molecule has 1 nitrogen and oxygen atoms in total. The molecule has 4 aliphatic carbocycles. The minimum atomic E-state index is -0.0951. The first-order valence-electron chi connectivity index (χ1n) is 12.8. The predicted molar refractivity (Wildman–Crippen MR) is 124 cm³/mol. The van der Waals surface area contributed by atoms with Gasteiger partial charge in [0, 0.05) is 0 Å². The lowest BCUT2D eigenvalue weighted by atomic mass is 9.52. The predicted octanol–water partition coefficient (Wildman–Crippen LogP) is 7.70. The third kappa shape index (κ3) is 3.58. The monoisotopic (exact) mass is 398 g/mol. The second kappa shape index (κ2) is 7.85. The highest BCUT2D eigenvalue weighted by Crippen LogP contribution is 2.64. The maximum Gasteiger partial charge on any atom is 0.0577 e. The van der Waals surface area contributed by atoms with E-state index in [1.807, 2.05) is 11.1 Å². The van der Waals surface area contributed by atoms with Crippen LogP contribution in [0.1, 0.15) is 106 Å². The maximum atomic E-state index is 10.2. The molecule has 7 atom stereocenters. The quantitative estimate of drug-likeness (QED) is 0.470. The van der Waals surface area contributed by atoms with E-state index in [4.69, 9.17) is 0 Å². The molecule has 0 aromatic carbocycles. The number of rotatable bonds is 5. The van der Waals surface area contributed by atoms with Gasteiger partial charge in [0.2, 0.25) is 0 Å². The fourth-order valence-corrected chi connectivity index (χ4v) is 7.93. The Balaban J connectivity index is 1.56. The zero-order valence-corrected chi connectivity index (χ0v) is 20.1. The van der Waals surface area contributed by atoms with E-state index in [0.29, 0.717) is 10.8 Å². The Morgan fingerprint density at radius 3 is 2.45 bits per heavy atom. The van der Waals surface area contributed by atoms with E-state index in [1.165, 1.54) is 51.4 Å². The summed E-state index contributed by atoms with van der Waals surface area (Å²) >= 11 is 0. The Morgan fingerprint density at radius 1 is 1.00 bits per heavy atom. The van der Waals surface area contributed by atoms with Crippen LogP contribution in [0.2, 0.25) is 0 Å². The molecule has 0 aromatic heterocycles. The first-order chi connectivity index (χ1) is 13.7. The van der Waals surface area contributed by atoms with E-state index in [9.17, 15) is 5.11 Å². The Kier molecular flexibility index (Phi) is 5.86. The zero-order chi connectivity index (χ0) is 21.0. The Hall–Kier alpha value is -0.560. The average Bonchev–Trinajstić information content (AvgIpc) is 3.03. The number of fused-ring (bicyclic) bond motifs is 4. The molecule has 1 heteroatoms. The Labute approximate surface area is 180 Å². The summed E-state index contributed by atoms with van der Waals surface area (Å²) in [4.78, 5) is 0. The third-order valence-corrected chi connectivity index (χ3v) is 10.4. The average molecular weight is 399 g/mol. The number of hydrogen-bond acceptors (Lipinski definition) is 1. The van der Waals surface area contributed by atoms with Gasteiger partial charge in [0.15, 0.2) is 0 Å². The van der Waals surface area contributed by atoms with Crippen molar-refractivity contribution >= 4 is 0 Å². The van der Waals surface area contributed by atoms with Crippen molar-refractivity contribution in [1.82, 2.24) is 0 Å². The second-order valence-electron chi connectivity index (χ2n) is 12.2. The lowest BCUT2D eigenvalue weighted by Gasteiger charge is -2.53. The van der Waals surface area contributed by atoms with Gasteiger partial charge < -0.3 is 5.11 Å². The van der Waals surface area contributed by atoms with E-state index in [-0.39, 0.29) is 6.10 Å². The minimum absolute atomic E-state index is 0.0951. The van der Waals surface area contributed by atoms with Gasteiger partial charge in [-0.1, -0.05) is 77.2 Å². The Morgan fingerprint density at radius 2 is 1.72 bits per heavy atom. The van der Waals surface area contributed by atoms with Crippen LogP contribution in [0.25, 0.3) is 0 Å². The van der Waals surface area contributed by atoms with Crippen LogP contribution < -0.4 is 0 Å². The fourth-order valence-electron chi connectivity index (χ4n) is 7.93. The van der Waals surface area contributed by atoms with E-state index in [0.717, 1.165) is 42.4 Å². The number of allylic oxidation sites excluding steroid dienone is 3. The van der Waals surface area contributed by atoms with Gasteiger partial charge in [0.1, 0.15) is 0 Å². The normalized spacial score (nSPS) is 41.5. The SMILES string of the molecule is CC(C)[C@@H](C)CC[C@@H](C)[C@H]1CCC2=C3CC=C4CC(O)CC[C@]4(C)[C@H]3CC[C@@]21C. The molecule has 0 heterocycles. The molecule has 0 aliphatic heterocycles. The summed E-state index contributed by atoms with van der Waals surface area (Å²) in [6.45, 7) is 14.9. The van der Waals surface area contributed by atoms with E-state index < -0.39 is 0 Å². The molecule has 2 saturated carbocycles. The van der Waals surface area contributed by atoms with Gasteiger partial charge in [-0.15, -0.1) is 0 Å². The first-order valence-corrected chi connectivity index (χ1v) is 12.8. The topological polar surface area (TPSA) is 20.2 Å². The molecule has 4 aliphatic rings. The molecular formula is C28H46O. The molecule has 0 saturated heterocycles. The van der Waals surface area contributed by atoms with E-state index >= 15 is 0 Å². The van der Waals surface area contributed by atoms with Crippen molar-refractivity contribution in [3.8, 4) is 0 Å². The second-order valence-corrected chi connectivity index (χ2v) is 12.2. The summed E-state index contributed by atoms with van der Waals surface area (Å²) in [6, 6.07) is 0. The highest BCUT2D eigenvalue weighted by molar-refractivity contribution is 5.40. The molecule has 0 bridgehead atoms. The number of aliphatic hydroxyl groups excluding tert-OH is 1. The van der Waals surface area contributed by atoms with Crippen molar-refractivity contribution in [2.45, 2.75) is 112 Å². The molecule has 2 fully saturated rings. The van der Waals surface area contributed by atoms with Gasteiger partial charge in [-0.3, -0.25) is 0 Å². The fraction of sp³-hybridized carbons (Fsp3) is 0.857. The van der Waals surface area contributed by atoms with Gasteiger partial charge in [-0.05, 0) is 91.8 Å². The van der Waals surface area contributed by atoms with Gasteiger partial charge in [-0.25, -0.2) is 0 Å². The van der Waals surface area contributed by atoms with Crippen LogP contribution in [0.4, 0.5) is 0 Å². The number of aliphatic hydroxyl groups is 1. The van der Waals surface area contributed by atoms with Crippen LogP contribution in [-0.2, 0) is 0 Å². The van der Waals surface area contributed by atoms with Crippen LogP contribution in [0, 0.1) is 40.4 Å². The molecular weight excluding hydrogens is 352 g/mol. The standard InChI is InChI=1S/C28H46O/c1-18(2)19(3)7-8-20(4)24-11-12-25-23-10-9-21-17-22(29)13-15-27(21,5)26(23)14-16-28(24,25)6/h9,18-20,22,24,26,29H,7-8,10-17H2,1-6H3/t19-,20+,22?,24+,26-,27-,28+/m0/s1. The summed E-state index contributed by atoms with van der Waals surface area (Å²) in [6.07, 6.45) is 15.1. The summed E-state index contributed by atoms with van der Waals surface area (Å²) in [5.74, 6) is 4.16. The molecule has 0 spiro atoms. The summed E-state index contributed by atoms with van der Waals surface area (Å²) in [5.41, 5.74) is 6.09. The number of hydrogen-bond donors (Lipinski definition) is 1. The third-order valence-electron chi connectivity index (χ3n) is 10.4. The van der Waals surface area contributed by atoms with Crippen molar-refractivity contribution < 1.29 is 5.11 Å². The van der Waals surface area contributed by atoms with E-state index in [2.05, 4.69) is 47.6 Å². The summed E-state index contributed by atoms with van der Waals surface area (Å²) in [7, 11) is 0. The summed E-state index contributed by atoms with van der Waals surface area (Å²) < 4.78 is 0. The van der Waals surface area contributed by atoms with Gasteiger partial charge in [0.25, 0.3) is 0 Å². The molecule has 164 valence electrons. The molecule has 0 amide bonds. The van der Waals surface area contributed by atoms with Crippen LogP contribution in [0.3, 0.4) is 0 Å². The van der Waals surface area contributed by atoms with Crippen LogP contribution >= 0.6 is 0 Å². The maximum absolute atomic E-state index is 10.2. The van der Waals surface area contributed by atoms with Crippen LogP contribution in [0.15, 0.2) is 22.8 Å². The lowest BCUT2D eigenvalue weighted by Crippen LogP contribution is -2.43. The molecule has 1 N–H and O–H groups in total. The van der Waals surface area contributed by atoms with Crippen LogP contribution in [0.5, 0.6) is 0 Å². The van der Waals surface area contributed by atoms with E-state index in [1.54, 1.807) is 5.57 Å². The van der Waals surface area contributed by atoms with Crippen molar-refractivity contribution in [3.63, 3.8) is 0 Å². The molecule has 0 aromatic rings. The molecule has 4 rings (SSSR count). The van der Waals surface area contributed by atoms with Crippen molar-refractivity contribution in [2.24, 2.45) is 40.4 Å². The highest BCUT2D eigenvalue weighted by atomic mass is 16.3. The molecule has 29 heavy (non-hydrogen) atoms. The van der Waals surface area contributed by atoms with Gasteiger partial charge in [0.05, 0.1) is 6.10 Å².